The molecule has 0 bridgehead atoms. The summed E-state index contributed by atoms with van der Waals surface area (Å²) in [5.41, 5.74) is 0.339. The normalized spacial score (nSPS) is 12.7. The number of hydrogen-bond acceptors (Lipinski definition) is 6. The molecule has 0 fully saturated rings. The molecular weight excluding hydrogens is 514 g/mol. The Labute approximate surface area is 204 Å². The van der Waals surface area contributed by atoms with E-state index < -0.39 is 11.0 Å². The van der Waals surface area contributed by atoms with Crippen molar-refractivity contribution < 1.29 is 14.4 Å². The zero-order chi connectivity index (χ0) is 23.1. The van der Waals surface area contributed by atoms with Crippen LogP contribution < -0.4 is 10.1 Å². The summed E-state index contributed by atoms with van der Waals surface area (Å²) in [4.78, 5) is 22.5. The Kier molecular flexibility index (Phi) is 8.39. The van der Waals surface area contributed by atoms with E-state index in [1.807, 2.05) is 50.4 Å². The van der Waals surface area contributed by atoms with E-state index in [9.17, 15) is 4.79 Å². The maximum atomic E-state index is 12.8. The predicted octanol–water partition coefficient (Wildman–Crippen LogP) is 5.82. The van der Waals surface area contributed by atoms with Crippen molar-refractivity contribution in [2.75, 3.05) is 6.26 Å². The predicted molar refractivity (Wildman–Crippen MR) is 134 cm³/mol. The minimum atomic E-state index is -0.730. The summed E-state index contributed by atoms with van der Waals surface area (Å²) in [6, 6.07) is 14.8. The molecule has 168 valence electrons. The van der Waals surface area contributed by atoms with Gasteiger partial charge in [-0.05, 0) is 78.0 Å². The first-order chi connectivity index (χ1) is 15.3. The molecule has 0 saturated heterocycles. The molecule has 1 N–H and O–H groups in total. The number of carbonyl (C=O) groups excluding carboxylic acids is 1. The second-order valence-corrected chi connectivity index (χ2v) is 9.79. The van der Waals surface area contributed by atoms with Gasteiger partial charge >= 0.3 is 0 Å². The van der Waals surface area contributed by atoms with E-state index in [4.69, 9.17) is 21.2 Å². The van der Waals surface area contributed by atoms with Crippen LogP contribution in [0, 0.1) is 0 Å². The number of nitrogens with zero attached hydrogens (tertiary/aromatic N) is 2. The number of ether oxygens (including phenoxy) is 1. The minimum absolute atomic E-state index is 0.265. The van der Waals surface area contributed by atoms with Crippen molar-refractivity contribution in [3.8, 4) is 5.75 Å². The van der Waals surface area contributed by atoms with Crippen molar-refractivity contribution in [3.63, 3.8) is 0 Å². The zero-order valence-corrected chi connectivity index (χ0v) is 21.0. The van der Waals surface area contributed by atoms with Crippen molar-refractivity contribution in [1.82, 2.24) is 10.3 Å². The highest BCUT2D eigenvalue weighted by Crippen LogP contribution is 2.24. The van der Waals surface area contributed by atoms with Crippen molar-refractivity contribution in [2.45, 2.75) is 31.4 Å². The van der Waals surface area contributed by atoms with E-state index in [2.05, 4.69) is 31.4 Å². The number of halogens is 2. The lowest BCUT2D eigenvalue weighted by molar-refractivity contribution is -0.125. The summed E-state index contributed by atoms with van der Waals surface area (Å²) in [7, 11) is 0. The number of oxime groups is 1. The number of rotatable bonds is 9. The fraction of sp³-hybridized carbons (Fsp3) is 0.261. The van der Waals surface area contributed by atoms with Crippen molar-refractivity contribution >= 4 is 62.3 Å². The second kappa shape index (κ2) is 11.0. The number of fused-ring (bicyclic) bond motifs is 1. The molecule has 3 rings (SSSR count). The number of benzene rings is 2. The largest absolute Gasteiger partial charge is 0.470 e. The lowest BCUT2D eigenvalue weighted by Gasteiger charge is -2.24. The van der Waals surface area contributed by atoms with E-state index in [-0.39, 0.29) is 5.91 Å². The van der Waals surface area contributed by atoms with Gasteiger partial charge in [-0.15, -0.1) is 11.8 Å². The molecule has 0 spiro atoms. The standard InChI is InChI=1S/C23H23BrClN3O3S/c1-23(2,14-27-30-13-15-4-6-18(25)7-5-15)28-21(29)22(32-3)31-19-8-9-20-16(11-19)10-17(24)12-26-20/h4-12,14,22H,13H2,1-3H3,(H,28,29)/b27-14+. The first kappa shape index (κ1) is 24.4. The van der Waals surface area contributed by atoms with Gasteiger partial charge in [0, 0.05) is 21.1 Å². The van der Waals surface area contributed by atoms with E-state index in [1.54, 1.807) is 30.6 Å². The molecule has 0 aliphatic rings. The number of aromatic nitrogens is 1. The van der Waals surface area contributed by atoms with E-state index in [1.165, 1.54) is 11.8 Å². The quantitative estimate of drug-likeness (QED) is 0.212. The highest BCUT2D eigenvalue weighted by molar-refractivity contribution is 9.10. The smallest absolute Gasteiger partial charge is 0.272 e. The highest BCUT2D eigenvalue weighted by atomic mass is 79.9. The molecule has 6 nitrogen and oxygen atoms in total. The van der Waals surface area contributed by atoms with Crippen LogP contribution in [0.3, 0.4) is 0 Å². The van der Waals surface area contributed by atoms with Crippen LogP contribution in [0.4, 0.5) is 0 Å². The Morgan fingerprint density at radius 2 is 2.03 bits per heavy atom. The van der Waals surface area contributed by atoms with Gasteiger partial charge in [0.2, 0.25) is 5.44 Å². The topological polar surface area (TPSA) is 72.8 Å². The van der Waals surface area contributed by atoms with Crippen LogP contribution in [0.25, 0.3) is 10.9 Å². The maximum absolute atomic E-state index is 12.8. The fourth-order valence-corrected chi connectivity index (χ4v) is 3.71. The molecule has 0 radical (unpaired) electrons. The Bertz CT molecular complexity index is 1110. The van der Waals surface area contributed by atoms with Crippen LogP contribution >= 0.6 is 39.3 Å². The first-order valence-electron chi connectivity index (χ1n) is 9.73. The van der Waals surface area contributed by atoms with Gasteiger partial charge in [-0.2, -0.15) is 0 Å². The molecule has 1 amide bonds. The summed E-state index contributed by atoms with van der Waals surface area (Å²) in [5.74, 6) is 0.323. The molecule has 0 aliphatic heterocycles. The number of nitrogens with one attached hydrogen (secondary N) is 1. The van der Waals surface area contributed by atoms with Gasteiger partial charge in [-0.3, -0.25) is 9.78 Å². The van der Waals surface area contributed by atoms with E-state index in [0.29, 0.717) is 17.4 Å². The molecule has 1 heterocycles. The first-order valence-corrected chi connectivity index (χ1v) is 12.2. The summed E-state index contributed by atoms with van der Waals surface area (Å²) < 4.78 is 6.81. The summed E-state index contributed by atoms with van der Waals surface area (Å²) in [5, 5.41) is 8.51. The molecule has 0 saturated carbocycles. The van der Waals surface area contributed by atoms with Gasteiger partial charge < -0.3 is 14.9 Å². The van der Waals surface area contributed by atoms with Gasteiger partial charge in [0.1, 0.15) is 12.4 Å². The second-order valence-electron chi connectivity index (χ2n) is 7.54. The van der Waals surface area contributed by atoms with Gasteiger partial charge in [-0.25, -0.2) is 0 Å². The molecule has 1 aromatic heterocycles. The maximum Gasteiger partial charge on any atom is 0.272 e. The number of thioether (sulfide) groups is 1. The number of carbonyl (C=O) groups is 1. The van der Waals surface area contributed by atoms with Gasteiger partial charge in [0.25, 0.3) is 5.91 Å². The van der Waals surface area contributed by atoms with Crippen LogP contribution in [0.1, 0.15) is 19.4 Å². The monoisotopic (exact) mass is 535 g/mol. The SMILES string of the molecule is CSC(Oc1ccc2ncc(Br)cc2c1)C(=O)NC(C)(C)/C=N/OCc1ccc(Cl)cc1. The molecule has 3 aromatic rings. The van der Waals surface area contributed by atoms with Gasteiger partial charge in [-0.1, -0.05) is 28.9 Å². The number of hydrogen-bond donors (Lipinski definition) is 1. The van der Waals surface area contributed by atoms with Crippen LogP contribution in [0.5, 0.6) is 5.75 Å². The van der Waals surface area contributed by atoms with E-state index >= 15 is 0 Å². The van der Waals surface area contributed by atoms with Crippen molar-refractivity contribution in [1.29, 1.82) is 0 Å². The highest BCUT2D eigenvalue weighted by Gasteiger charge is 2.26. The lowest BCUT2D eigenvalue weighted by Crippen LogP contribution is -2.49. The Morgan fingerprint density at radius 3 is 2.75 bits per heavy atom. The third-order valence-corrected chi connectivity index (χ3v) is 5.75. The average molecular weight is 537 g/mol. The van der Waals surface area contributed by atoms with Crippen molar-refractivity contribution in [3.05, 3.63) is 69.8 Å². The Balaban J connectivity index is 1.57. The molecular formula is C23H23BrClN3O3S. The molecule has 9 heteroatoms. The van der Waals surface area contributed by atoms with Gasteiger partial charge in [0.05, 0.1) is 17.3 Å². The Hall–Kier alpha value is -2.29. The molecule has 2 aromatic carbocycles. The molecule has 32 heavy (non-hydrogen) atoms. The van der Waals surface area contributed by atoms with Crippen molar-refractivity contribution in [2.24, 2.45) is 5.16 Å². The summed E-state index contributed by atoms with van der Waals surface area (Å²) >= 11 is 10.6. The zero-order valence-electron chi connectivity index (χ0n) is 17.8. The lowest BCUT2D eigenvalue weighted by atomic mass is 10.1. The minimum Gasteiger partial charge on any atom is -0.470 e. The number of pyridine rings is 1. The third kappa shape index (κ3) is 7.12. The molecule has 0 aliphatic carbocycles. The van der Waals surface area contributed by atoms with Crippen LogP contribution in [0.15, 0.2) is 64.4 Å². The molecule has 1 atom stereocenters. The third-order valence-electron chi connectivity index (χ3n) is 4.33. The number of amides is 1. The summed E-state index contributed by atoms with van der Waals surface area (Å²) in [6.45, 7) is 3.97. The average Bonchev–Trinajstić information content (AvgIpc) is 2.75. The van der Waals surface area contributed by atoms with Crippen LogP contribution in [-0.2, 0) is 16.2 Å². The molecule has 1 unspecified atom stereocenters. The van der Waals surface area contributed by atoms with Crippen LogP contribution in [-0.4, -0.2) is 34.3 Å². The van der Waals surface area contributed by atoms with E-state index in [0.717, 1.165) is 20.9 Å². The van der Waals surface area contributed by atoms with Crippen LogP contribution in [0.2, 0.25) is 5.02 Å². The fourth-order valence-electron chi connectivity index (χ4n) is 2.76. The summed E-state index contributed by atoms with van der Waals surface area (Å²) in [6.07, 6.45) is 5.11. The van der Waals surface area contributed by atoms with Gasteiger partial charge in [0.15, 0.2) is 0 Å². The Morgan fingerprint density at radius 1 is 1.28 bits per heavy atom.